The third-order valence-corrected chi connectivity index (χ3v) is 4.43. The van der Waals surface area contributed by atoms with Gasteiger partial charge >= 0.3 is 0 Å². The molecule has 0 bridgehead atoms. The summed E-state index contributed by atoms with van der Waals surface area (Å²) >= 11 is 3.54. The molecule has 3 heteroatoms. The maximum Gasteiger partial charge on any atom is 0.119 e. The van der Waals surface area contributed by atoms with E-state index >= 15 is 0 Å². The minimum absolute atomic E-state index is 0.467. The van der Waals surface area contributed by atoms with E-state index in [1.165, 1.54) is 27.6 Å². The highest BCUT2D eigenvalue weighted by Gasteiger charge is 2.21. The van der Waals surface area contributed by atoms with Gasteiger partial charge in [-0.25, -0.2) is 0 Å². The van der Waals surface area contributed by atoms with Gasteiger partial charge in [0.25, 0.3) is 0 Å². The molecule has 0 saturated heterocycles. The fourth-order valence-electron chi connectivity index (χ4n) is 2.91. The lowest BCUT2D eigenvalue weighted by Gasteiger charge is -2.14. The van der Waals surface area contributed by atoms with Crippen molar-refractivity contribution >= 4 is 15.9 Å². The number of ether oxygens (including phenoxy) is 1. The van der Waals surface area contributed by atoms with Crippen molar-refractivity contribution in [1.29, 1.82) is 0 Å². The molecule has 0 aromatic heterocycles. The van der Waals surface area contributed by atoms with Gasteiger partial charge in [0.05, 0.1) is 0 Å². The van der Waals surface area contributed by atoms with Crippen LogP contribution in [0.2, 0.25) is 0 Å². The lowest BCUT2D eigenvalue weighted by atomic mass is 10.1. The molecular formula is C18H20BrNO. The standard InChI is InChI=1S/C18H20BrNO/c1-13-3-2-4-16(11-13)21-10-9-20-18-8-5-14-12-15(19)6-7-17(14)18/h2-4,6-7,11-12,18,20H,5,8-10H2,1H3. The van der Waals surface area contributed by atoms with Gasteiger partial charge in [0.1, 0.15) is 12.4 Å². The molecule has 21 heavy (non-hydrogen) atoms. The second-order valence-corrected chi connectivity index (χ2v) is 6.47. The molecule has 1 N–H and O–H groups in total. The largest absolute Gasteiger partial charge is 0.492 e. The van der Waals surface area contributed by atoms with Gasteiger partial charge in [0.15, 0.2) is 0 Å². The molecule has 1 aliphatic rings. The smallest absolute Gasteiger partial charge is 0.119 e. The van der Waals surface area contributed by atoms with Gasteiger partial charge in [-0.2, -0.15) is 0 Å². The van der Waals surface area contributed by atoms with Crippen molar-refractivity contribution in [3.05, 3.63) is 63.6 Å². The molecule has 0 heterocycles. The van der Waals surface area contributed by atoms with Crippen LogP contribution in [0.15, 0.2) is 46.9 Å². The third kappa shape index (κ3) is 3.66. The third-order valence-electron chi connectivity index (χ3n) is 3.93. The van der Waals surface area contributed by atoms with Crippen molar-refractivity contribution in [2.45, 2.75) is 25.8 Å². The topological polar surface area (TPSA) is 21.3 Å². The molecule has 2 aromatic carbocycles. The van der Waals surface area contributed by atoms with E-state index in [1.807, 2.05) is 12.1 Å². The van der Waals surface area contributed by atoms with E-state index in [0.29, 0.717) is 12.6 Å². The van der Waals surface area contributed by atoms with Gasteiger partial charge in [-0.15, -0.1) is 0 Å². The van der Waals surface area contributed by atoms with E-state index < -0.39 is 0 Å². The van der Waals surface area contributed by atoms with Gasteiger partial charge in [-0.1, -0.05) is 34.1 Å². The summed E-state index contributed by atoms with van der Waals surface area (Å²) in [7, 11) is 0. The molecule has 1 aliphatic carbocycles. The summed E-state index contributed by atoms with van der Waals surface area (Å²) in [6.07, 6.45) is 2.33. The number of aryl methyl sites for hydroxylation is 2. The SMILES string of the molecule is Cc1cccc(OCCNC2CCc3cc(Br)ccc32)c1. The van der Waals surface area contributed by atoms with Crippen molar-refractivity contribution in [1.82, 2.24) is 5.32 Å². The van der Waals surface area contributed by atoms with Crippen LogP contribution in [0, 0.1) is 6.92 Å². The fourth-order valence-corrected chi connectivity index (χ4v) is 3.31. The normalized spacial score (nSPS) is 16.8. The maximum atomic E-state index is 5.78. The van der Waals surface area contributed by atoms with Gasteiger partial charge in [0, 0.05) is 17.1 Å². The first-order valence-electron chi connectivity index (χ1n) is 7.43. The Labute approximate surface area is 134 Å². The van der Waals surface area contributed by atoms with Crippen molar-refractivity contribution in [2.75, 3.05) is 13.2 Å². The highest BCUT2D eigenvalue weighted by Crippen LogP contribution is 2.32. The molecule has 1 unspecified atom stereocenters. The summed E-state index contributed by atoms with van der Waals surface area (Å²) in [5.41, 5.74) is 4.13. The second kappa shape index (κ2) is 6.63. The predicted octanol–water partition coefficient (Wildman–Crippen LogP) is 4.41. The van der Waals surface area contributed by atoms with E-state index in [4.69, 9.17) is 4.74 Å². The average Bonchev–Trinajstić information content (AvgIpc) is 2.86. The lowest BCUT2D eigenvalue weighted by Crippen LogP contribution is -2.24. The Bertz CT molecular complexity index is 626. The zero-order valence-corrected chi connectivity index (χ0v) is 13.8. The van der Waals surface area contributed by atoms with Crippen molar-refractivity contribution in [3.63, 3.8) is 0 Å². The van der Waals surface area contributed by atoms with E-state index in [1.54, 1.807) is 0 Å². The average molecular weight is 346 g/mol. The van der Waals surface area contributed by atoms with E-state index in [2.05, 4.69) is 58.5 Å². The zero-order chi connectivity index (χ0) is 14.7. The van der Waals surface area contributed by atoms with Gasteiger partial charge in [-0.3, -0.25) is 0 Å². The van der Waals surface area contributed by atoms with Crippen LogP contribution in [0.3, 0.4) is 0 Å². The highest BCUT2D eigenvalue weighted by atomic mass is 79.9. The van der Waals surface area contributed by atoms with Crippen LogP contribution in [0.4, 0.5) is 0 Å². The molecule has 2 nitrogen and oxygen atoms in total. The van der Waals surface area contributed by atoms with Crippen LogP contribution in [0.1, 0.15) is 29.2 Å². The van der Waals surface area contributed by atoms with E-state index in [9.17, 15) is 0 Å². The maximum absolute atomic E-state index is 5.78. The zero-order valence-electron chi connectivity index (χ0n) is 12.2. The first kappa shape index (κ1) is 14.6. The summed E-state index contributed by atoms with van der Waals surface area (Å²) < 4.78 is 6.95. The molecule has 110 valence electrons. The predicted molar refractivity (Wildman–Crippen MR) is 89.9 cm³/mol. The van der Waals surface area contributed by atoms with Crippen molar-refractivity contribution in [2.24, 2.45) is 0 Å². The van der Waals surface area contributed by atoms with Crippen LogP contribution >= 0.6 is 15.9 Å². The number of nitrogens with one attached hydrogen (secondary N) is 1. The molecule has 1 atom stereocenters. The van der Waals surface area contributed by atoms with Gasteiger partial charge in [-0.05, 0) is 60.7 Å². The first-order valence-corrected chi connectivity index (χ1v) is 8.23. The summed E-state index contributed by atoms with van der Waals surface area (Å²) in [6, 6.07) is 15.3. The number of benzene rings is 2. The Hall–Kier alpha value is -1.32. The number of fused-ring (bicyclic) bond motifs is 1. The van der Waals surface area contributed by atoms with Gasteiger partial charge < -0.3 is 10.1 Å². The fraction of sp³-hybridized carbons (Fsp3) is 0.333. The van der Waals surface area contributed by atoms with Crippen LogP contribution in [-0.4, -0.2) is 13.2 Å². The minimum Gasteiger partial charge on any atom is -0.492 e. The van der Waals surface area contributed by atoms with Crippen LogP contribution in [0.25, 0.3) is 0 Å². The molecule has 0 spiro atoms. The summed E-state index contributed by atoms with van der Waals surface area (Å²) in [6.45, 7) is 3.65. The molecule has 0 radical (unpaired) electrons. The molecule has 0 amide bonds. The number of halogens is 1. The quantitative estimate of drug-likeness (QED) is 0.810. The Balaban J connectivity index is 1.49. The van der Waals surface area contributed by atoms with Crippen LogP contribution in [0.5, 0.6) is 5.75 Å². The van der Waals surface area contributed by atoms with E-state index in [0.717, 1.165) is 18.7 Å². The first-order chi connectivity index (χ1) is 10.2. The van der Waals surface area contributed by atoms with Crippen molar-refractivity contribution in [3.8, 4) is 5.75 Å². The molecule has 0 aliphatic heterocycles. The van der Waals surface area contributed by atoms with Crippen LogP contribution in [-0.2, 0) is 6.42 Å². The Morgan fingerprint density at radius 1 is 1.24 bits per heavy atom. The molecule has 3 rings (SSSR count). The molecule has 0 fully saturated rings. The summed E-state index contributed by atoms with van der Waals surface area (Å²) in [4.78, 5) is 0. The number of hydrogen-bond donors (Lipinski definition) is 1. The monoisotopic (exact) mass is 345 g/mol. The Morgan fingerprint density at radius 3 is 3.00 bits per heavy atom. The Kier molecular flexibility index (Phi) is 4.61. The van der Waals surface area contributed by atoms with E-state index in [-0.39, 0.29) is 0 Å². The molecule has 2 aromatic rings. The minimum atomic E-state index is 0.467. The number of rotatable bonds is 5. The summed E-state index contributed by atoms with van der Waals surface area (Å²) in [5, 5.41) is 3.60. The molecule has 0 saturated carbocycles. The second-order valence-electron chi connectivity index (χ2n) is 5.55. The van der Waals surface area contributed by atoms with Crippen LogP contribution < -0.4 is 10.1 Å². The molecular weight excluding hydrogens is 326 g/mol. The Morgan fingerprint density at radius 2 is 2.14 bits per heavy atom. The van der Waals surface area contributed by atoms with Gasteiger partial charge in [0.2, 0.25) is 0 Å². The van der Waals surface area contributed by atoms with Crippen molar-refractivity contribution < 1.29 is 4.74 Å². The lowest BCUT2D eigenvalue weighted by molar-refractivity contribution is 0.305. The highest BCUT2D eigenvalue weighted by molar-refractivity contribution is 9.10. The number of hydrogen-bond acceptors (Lipinski definition) is 2. The summed E-state index contributed by atoms with van der Waals surface area (Å²) in [5.74, 6) is 0.951.